The first-order chi connectivity index (χ1) is 13.5. The third kappa shape index (κ3) is 3.95. The number of sulfonamides is 1. The van der Waals surface area contributed by atoms with Gasteiger partial charge in [0.15, 0.2) is 0 Å². The van der Waals surface area contributed by atoms with Gasteiger partial charge in [0.1, 0.15) is 0 Å². The molecule has 28 heavy (non-hydrogen) atoms. The molecule has 0 amide bonds. The van der Waals surface area contributed by atoms with Crippen molar-refractivity contribution in [3.05, 3.63) is 78.4 Å². The molecule has 1 heterocycles. The van der Waals surface area contributed by atoms with Crippen molar-refractivity contribution >= 4 is 20.8 Å². The van der Waals surface area contributed by atoms with E-state index < -0.39 is 16.1 Å². The van der Waals surface area contributed by atoms with Gasteiger partial charge in [-0.25, -0.2) is 8.42 Å². The quantitative estimate of drug-likeness (QED) is 0.720. The lowest BCUT2D eigenvalue weighted by atomic mass is 10.1. The molecule has 0 aliphatic carbocycles. The average Bonchev–Trinajstić information content (AvgIpc) is 2.74. The lowest BCUT2D eigenvalue weighted by Crippen LogP contribution is -2.49. The van der Waals surface area contributed by atoms with Crippen LogP contribution in [0.15, 0.2) is 77.7 Å². The smallest absolute Gasteiger partial charge is 0.243 e. The van der Waals surface area contributed by atoms with Crippen LogP contribution in [0, 0.1) is 0 Å². The highest BCUT2D eigenvalue weighted by Gasteiger charge is 2.29. The monoisotopic (exact) mass is 396 g/mol. The first kappa shape index (κ1) is 19.1. The van der Waals surface area contributed by atoms with Gasteiger partial charge in [-0.15, -0.1) is 0 Å². The fourth-order valence-corrected chi connectivity index (χ4v) is 5.11. The standard InChI is InChI=1S/C22H24N2O3S/c25-22(19-7-2-1-3-8-19)17-23-12-14-24(15-13-23)28(26,27)21-11-10-18-6-4-5-9-20(18)16-21/h1-11,16,22,25H,12-15,17H2. The van der Waals surface area contributed by atoms with E-state index in [4.69, 9.17) is 0 Å². The van der Waals surface area contributed by atoms with Crippen LogP contribution in [-0.2, 0) is 10.0 Å². The molecule has 0 bridgehead atoms. The predicted octanol–water partition coefficient (Wildman–Crippen LogP) is 2.88. The van der Waals surface area contributed by atoms with Crippen LogP contribution in [0.25, 0.3) is 10.8 Å². The van der Waals surface area contributed by atoms with Crippen LogP contribution >= 0.6 is 0 Å². The number of aliphatic hydroxyl groups excluding tert-OH is 1. The Kier molecular flexibility index (Phi) is 5.46. The van der Waals surface area contributed by atoms with E-state index in [1.54, 1.807) is 16.4 Å². The van der Waals surface area contributed by atoms with E-state index in [0.717, 1.165) is 16.3 Å². The maximum absolute atomic E-state index is 13.0. The Hall–Kier alpha value is -2.25. The number of hydrogen-bond acceptors (Lipinski definition) is 4. The van der Waals surface area contributed by atoms with E-state index in [1.165, 1.54) is 0 Å². The van der Waals surface area contributed by atoms with Crippen molar-refractivity contribution < 1.29 is 13.5 Å². The molecule has 0 spiro atoms. The maximum Gasteiger partial charge on any atom is 0.243 e. The van der Waals surface area contributed by atoms with Gasteiger partial charge in [0.2, 0.25) is 10.0 Å². The minimum absolute atomic E-state index is 0.337. The summed E-state index contributed by atoms with van der Waals surface area (Å²) >= 11 is 0. The highest BCUT2D eigenvalue weighted by Crippen LogP contribution is 2.23. The Bertz CT molecular complexity index is 1050. The van der Waals surface area contributed by atoms with Crippen molar-refractivity contribution in [3.63, 3.8) is 0 Å². The van der Waals surface area contributed by atoms with Gasteiger partial charge in [0, 0.05) is 32.7 Å². The van der Waals surface area contributed by atoms with E-state index in [9.17, 15) is 13.5 Å². The summed E-state index contributed by atoms with van der Waals surface area (Å²) < 4.78 is 27.6. The molecule has 1 unspecified atom stereocenters. The van der Waals surface area contributed by atoms with E-state index in [0.29, 0.717) is 37.6 Å². The molecule has 1 N–H and O–H groups in total. The SMILES string of the molecule is O=S(=O)(c1ccc2ccccc2c1)N1CCN(CC(O)c2ccccc2)CC1. The normalized spacial score (nSPS) is 17.6. The number of rotatable bonds is 5. The summed E-state index contributed by atoms with van der Waals surface area (Å²) in [4.78, 5) is 2.45. The molecule has 1 saturated heterocycles. The summed E-state index contributed by atoms with van der Waals surface area (Å²) in [7, 11) is -3.51. The molecule has 0 aromatic heterocycles. The van der Waals surface area contributed by atoms with Crippen molar-refractivity contribution in [2.24, 2.45) is 0 Å². The van der Waals surface area contributed by atoms with Crippen molar-refractivity contribution in [2.45, 2.75) is 11.0 Å². The highest BCUT2D eigenvalue weighted by molar-refractivity contribution is 7.89. The molecule has 1 aliphatic heterocycles. The fourth-order valence-electron chi connectivity index (χ4n) is 3.65. The molecule has 1 fully saturated rings. The Morgan fingerprint density at radius 1 is 0.821 bits per heavy atom. The number of β-amino-alcohol motifs (C(OH)–C–C–N with tert-alkyl or cyclic N) is 1. The molecule has 1 atom stereocenters. The molecular formula is C22H24N2O3S. The van der Waals surface area contributed by atoms with Crippen molar-refractivity contribution in [3.8, 4) is 0 Å². The number of nitrogens with zero attached hydrogens (tertiary/aromatic N) is 2. The number of piperazine rings is 1. The van der Waals surface area contributed by atoms with Crippen LogP contribution in [0.5, 0.6) is 0 Å². The van der Waals surface area contributed by atoms with E-state index in [-0.39, 0.29) is 0 Å². The molecule has 1 aliphatic rings. The molecule has 5 nitrogen and oxygen atoms in total. The lowest BCUT2D eigenvalue weighted by molar-refractivity contribution is 0.0921. The summed E-state index contributed by atoms with van der Waals surface area (Å²) in [5.74, 6) is 0. The number of aliphatic hydroxyl groups is 1. The van der Waals surface area contributed by atoms with Gasteiger partial charge >= 0.3 is 0 Å². The molecule has 0 radical (unpaired) electrons. The van der Waals surface area contributed by atoms with Crippen molar-refractivity contribution in [1.29, 1.82) is 0 Å². The van der Waals surface area contributed by atoms with Gasteiger partial charge in [-0.3, -0.25) is 4.90 Å². The second-order valence-corrected chi connectivity index (χ2v) is 9.08. The van der Waals surface area contributed by atoms with Crippen LogP contribution in [0.2, 0.25) is 0 Å². The van der Waals surface area contributed by atoms with E-state index >= 15 is 0 Å². The second-order valence-electron chi connectivity index (χ2n) is 7.14. The second kappa shape index (κ2) is 8.01. The van der Waals surface area contributed by atoms with Crippen LogP contribution in [0.4, 0.5) is 0 Å². The number of hydrogen-bond donors (Lipinski definition) is 1. The summed E-state index contributed by atoms with van der Waals surface area (Å²) in [6.07, 6.45) is -0.565. The Morgan fingerprint density at radius 2 is 1.46 bits per heavy atom. The summed E-state index contributed by atoms with van der Waals surface area (Å²) in [6.45, 7) is 2.58. The Morgan fingerprint density at radius 3 is 2.18 bits per heavy atom. The largest absolute Gasteiger partial charge is 0.387 e. The Balaban J connectivity index is 1.42. The zero-order chi connectivity index (χ0) is 19.6. The molecule has 0 saturated carbocycles. The average molecular weight is 397 g/mol. The van der Waals surface area contributed by atoms with Gasteiger partial charge in [-0.1, -0.05) is 60.7 Å². The Labute approximate surface area is 165 Å². The first-order valence-corrected chi connectivity index (χ1v) is 10.9. The molecular weight excluding hydrogens is 372 g/mol. The highest BCUT2D eigenvalue weighted by atomic mass is 32.2. The van der Waals surface area contributed by atoms with Gasteiger partial charge in [0.25, 0.3) is 0 Å². The number of fused-ring (bicyclic) bond motifs is 1. The first-order valence-electron chi connectivity index (χ1n) is 9.48. The van der Waals surface area contributed by atoms with Gasteiger partial charge in [0.05, 0.1) is 11.0 Å². The number of benzene rings is 3. The molecule has 6 heteroatoms. The fraction of sp³-hybridized carbons (Fsp3) is 0.273. The minimum Gasteiger partial charge on any atom is -0.387 e. The third-order valence-electron chi connectivity index (χ3n) is 5.31. The zero-order valence-corrected chi connectivity index (χ0v) is 16.4. The third-order valence-corrected chi connectivity index (χ3v) is 7.20. The summed E-state index contributed by atoms with van der Waals surface area (Å²) in [5.41, 5.74) is 0.883. The van der Waals surface area contributed by atoms with Gasteiger partial charge in [-0.05, 0) is 28.5 Å². The summed E-state index contributed by atoms with van der Waals surface area (Å²) in [6, 6.07) is 22.6. The molecule has 146 valence electrons. The summed E-state index contributed by atoms with van der Waals surface area (Å²) in [5, 5.41) is 12.4. The van der Waals surface area contributed by atoms with Crippen LogP contribution in [0.3, 0.4) is 0 Å². The van der Waals surface area contributed by atoms with Crippen molar-refractivity contribution in [1.82, 2.24) is 9.21 Å². The van der Waals surface area contributed by atoms with E-state index in [1.807, 2.05) is 60.7 Å². The van der Waals surface area contributed by atoms with Gasteiger partial charge < -0.3 is 5.11 Å². The maximum atomic E-state index is 13.0. The molecule has 3 aromatic rings. The van der Waals surface area contributed by atoms with Crippen LogP contribution in [0.1, 0.15) is 11.7 Å². The molecule has 4 rings (SSSR count). The van der Waals surface area contributed by atoms with Crippen LogP contribution < -0.4 is 0 Å². The molecule has 3 aromatic carbocycles. The van der Waals surface area contributed by atoms with Crippen molar-refractivity contribution in [2.75, 3.05) is 32.7 Å². The topological polar surface area (TPSA) is 60.9 Å². The zero-order valence-electron chi connectivity index (χ0n) is 15.6. The predicted molar refractivity (Wildman–Crippen MR) is 111 cm³/mol. The lowest BCUT2D eigenvalue weighted by Gasteiger charge is -2.35. The van der Waals surface area contributed by atoms with Gasteiger partial charge in [-0.2, -0.15) is 4.31 Å². The van der Waals surface area contributed by atoms with Crippen LogP contribution in [-0.4, -0.2) is 55.5 Å². The minimum atomic E-state index is -3.51. The van der Waals surface area contributed by atoms with E-state index in [2.05, 4.69) is 4.90 Å².